The van der Waals surface area contributed by atoms with Gasteiger partial charge in [0.2, 0.25) is 0 Å². The van der Waals surface area contributed by atoms with Crippen LogP contribution in [0.1, 0.15) is 5.56 Å². The van der Waals surface area contributed by atoms with Gasteiger partial charge in [0, 0.05) is 21.1 Å². The van der Waals surface area contributed by atoms with Crippen molar-refractivity contribution in [1.82, 2.24) is 0 Å². The van der Waals surface area contributed by atoms with Crippen LogP contribution >= 0.6 is 0 Å². The molecule has 0 aliphatic carbocycles. The van der Waals surface area contributed by atoms with Crippen molar-refractivity contribution in [1.29, 1.82) is 0 Å². The molecule has 1 rings (SSSR count). The minimum absolute atomic E-state index is 0. The van der Waals surface area contributed by atoms with Crippen LogP contribution < -0.4 is 0 Å². The summed E-state index contributed by atoms with van der Waals surface area (Å²) in [6.07, 6.45) is 1.83. The molecule has 0 amide bonds. The second kappa shape index (κ2) is 29.3. The molecule has 15 heavy (non-hydrogen) atoms. The maximum atomic E-state index is 8.00. The zero-order valence-electron chi connectivity index (χ0n) is 8.43. The summed E-state index contributed by atoms with van der Waals surface area (Å²) in [5.41, 5.74) is 1.17. The number of benzene rings is 1. The van der Waals surface area contributed by atoms with Gasteiger partial charge in [0.25, 0.3) is 0 Å². The van der Waals surface area contributed by atoms with E-state index in [0.29, 0.717) is 0 Å². The molecule has 0 saturated carbocycles. The number of carbonyl (C=O) groups excluding carboxylic acids is 3. The van der Waals surface area contributed by atoms with Gasteiger partial charge in [-0.1, -0.05) is 43.0 Å². The first kappa shape index (κ1) is 23.5. The fourth-order valence-corrected chi connectivity index (χ4v) is 0.589. The number of carbonyl (C=O) groups is 3. The molecule has 0 heterocycles. The van der Waals surface area contributed by atoms with Gasteiger partial charge < -0.3 is 14.4 Å². The van der Waals surface area contributed by atoms with Crippen LogP contribution in [-0.4, -0.2) is 20.4 Å². The topological polar surface area (TPSA) is 51.2 Å². The van der Waals surface area contributed by atoms with E-state index in [0.717, 1.165) is 0 Å². The molecule has 0 radical (unpaired) electrons. The van der Waals surface area contributed by atoms with Crippen LogP contribution in [0.2, 0.25) is 0 Å². The molecule has 1 aromatic rings. The minimum Gasteiger partial charge on any atom is -0.307 e. The molecular weight excluding hydrogens is 364 g/mol. The SMILES string of the molecule is C=Cc1ccccc1.C=O.C=O.C=O.[W]. The van der Waals surface area contributed by atoms with Crippen LogP contribution in [-0.2, 0) is 35.4 Å². The first-order valence-electron chi connectivity index (χ1n) is 3.47. The van der Waals surface area contributed by atoms with Crippen molar-refractivity contribution in [3.63, 3.8) is 0 Å². The Morgan fingerprint density at radius 3 is 1.33 bits per heavy atom. The third-order valence-corrected chi connectivity index (χ3v) is 1.04. The molecule has 4 heteroatoms. The van der Waals surface area contributed by atoms with Crippen LogP contribution in [0.5, 0.6) is 0 Å². The van der Waals surface area contributed by atoms with Crippen LogP contribution in [0.4, 0.5) is 0 Å². The first-order chi connectivity index (χ1) is 6.93. The predicted molar refractivity (Wildman–Crippen MR) is 57.9 cm³/mol. The Kier molecular flexibility index (Phi) is 45.9. The molecule has 0 atom stereocenters. The Morgan fingerprint density at radius 2 is 1.13 bits per heavy atom. The molecule has 0 fully saturated rings. The number of hydrogen-bond donors (Lipinski definition) is 0. The molecule has 3 nitrogen and oxygen atoms in total. The summed E-state index contributed by atoms with van der Waals surface area (Å²) in [5.74, 6) is 0. The summed E-state index contributed by atoms with van der Waals surface area (Å²) in [5, 5.41) is 0. The predicted octanol–water partition coefficient (Wildman–Crippen LogP) is 1.77. The summed E-state index contributed by atoms with van der Waals surface area (Å²) in [6, 6.07) is 10.0. The van der Waals surface area contributed by atoms with E-state index in [1.165, 1.54) is 5.56 Å². The van der Waals surface area contributed by atoms with Crippen LogP contribution in [0.15, 0.2) is 36.9 Å². The van der Waals surface area contributed by atoms with E-state index in [-0.39, 0.29) is 21.1 Å². The van der Waals surface area contributed by atoms with E-state index in [1.807, 2.05) is 56.8 Å². The van der Waals surface area contributed by atoms with E-state index < -0.39 is 0 Å². The number of hydrogen-bond acceptors (Lipinski definition) is 3. The molecular formula is C11H14O3W. The molecule has 0 aliphatic heterocycles. The molecule has 0 aliphatic rings. The van der Waals surface area contributed by atoms with Gasteiger partial charge in [-0.3, -0.25) is 0 Å². The molecule has 0 aromatic heterocycles. The Hall–Kier alpha value is -1.34. The van der Waals surface area contributed by atoms with Crippen LogP contribution in [0.25, 0.3) is 6.08 Å². The third kappa shape index (κ3) is 19.2. The fourth-order valence-electron chi connectivity index (χ4n) is 0.589. The second-order valence-electron chi connectivity index (χ2n) is 1.61. The van der Waals surface area contributed by atoms with Gasteiger partial charge in [0.15, 0.2) is 0 Å². The summed E-state index contributed by atoms with van der Waals surface area (Å²) in [7, 11) is 0. The van der Waals surface area contributed by atoms with E-state index in [9.17, 15) is 0 Å². The second-order valence-corrected chi connectivity index (χ2v) is 1.61. The van der Waals surface area contributed by atoms with Crippen molar-refractivity contribution in [3.8, 4) is 0 Å². The zero-order chi connectivity index (χ0) is 11.8. The minimum atomic E-state index is 0. The van der Waals surface area contributed by atoms with Crippen molar-refractivity contribution in [2.24, 2.45) is 0 Å². The van der Waals surface area contributed by atoms with Gasteiger partial charge in [0.1, 0.15) is 20.4 Å². The Morgan fingerprint density at radius 1 is 0.800 bits per heavy atom. The Balaban J connectivity index is -0.0000000755. The maximum Gasteiger partial charge on any atom is 0.106 e. The molecule has 0 spiro atoms. The van der Waals surface area contributed by atoms with Crippen molar-refractivity contribution in [3.05, 3.63) is 42.5 Å². The third-order valence-electron chi connectivity index (χ3n) is 1.04. The molecule has 0 saturated heterocycles. The Bertz CT molecular complexity index is 210. The Labute approximate surface area is 104 Å². The van der Waals surface area contributed by atoms with Crippen molar-refractivity contribution < 1.29 is 35.4 Å². The first-order valence-corrected chi connectivity index (χ1v) is 3.47. The standard InChI is InChI=1S/C8H8.3CH2O.W/c1-2-8-6-4-3-5-7-8;3*1-2;/h2-7H,1H2;3*1H2;. The average Bonchev–Trinajstić information content (AvgIpc) is 2.37. The maximum absolute atomic E-state index is 8.00. The van der Waals surface area contributed by atoms with Crippen LogP contribution in [0.3, 0.4) is 0 Å². The van der Waals surface area contributed by atoms with Crippen molar-refractivity contribution in [2.75, 3.05) is 0 Å². The summed E-state index contributed by atoms with van der Waals surface area (Å²) in [6.45, 7) is 9.63. The molecule has 0 unspecified atom stereocenters. The smallest absolute Gasteiger partial charge is 0.106 e. The zero-order valence-corrected chi connectivity index (χ0v) is 11.4. The average molecular weight is 378 g/mol. The molecule has 1 aromatic carbocycles. The fraction of sp³-hybridized carbons (Fsp3) is 0. The van der Waals surface area contributed by atoms with Crippen molar-refractivity contribution in [2.45, 2.75) is 0 Å². The van der Waals surface area contributed by atoms with Gasteiger partial charge in [-0.15, -0.1) is 0 Å². The van der Waals surface area contributed by atoms with E-state index in [4.69, 9.17) is 14.4 Å². The normalized spacial score (nSPS) is 5.33. The van der Waals surface area contributed by atoms with Gasteiger partial charge in [-0.05, 0) is 5.56 Å². The van der Waals surface area contributed by atoms with E-state index in [2.05, 4.69) is 6.58 Å². The van der Waals surface area contributed by atoms with Gasteiger partial charge in [-0.25, -0.2) is 0 Å². The van der Waals surface area contributed by atoms with Crippen molar-refractivity contribution >= 4 is 26.4 Å². The molecule has 82 valence electrons. The summed E-state index contributed by atoms with van der Waals surface area (Å²) < 4.78 is 0. The summed E-state index contributed by atoms with van der Waals surface area (Å²) in [4.78, 5) is 24.0. The van der Waals surface area contributed by atoms with E-state index >= 15 is 0 Å². The molecule has 0 N–H and O–H groups in total. The quantitative estimate of drug-likeness (QED) is 0.749. The van der Waals surface area contributed by atoms with Gasteiger partial charge in [0.05, 0.1) is 0 Å². The monoisotopic (exact) mass is 378 g/mol. The van der Waals surface area contributed by atoms with Crippen LogP contribution in [0, 0.1) is 0 Å². The van der Waals surface area contributed by atoms with Gasteiger partial charge >= 0.3 is 0 Å². The van der Waals surface area contributed by atoms with Gasteiger partial charge in [-0.2, -0.15) is 0 Å². The van der Waals surface area contributed by atoms with E-state index in [1.54, 1.807) is 0 Å². The summed E-state index contributed by atoms with van der Waals surface area (Å²) >= 11 is 0. The largest absolute Gasteiger partial charge is 0.307 e. The molecule has 0 bridgehead atoms. The number of rotatable bonds is 1.